The van der Waals surface area contributed by atoms with E-state index in [2.05, 4.69) is 48.8 Å². The van der Waals surface area contributed by atoms with Gasteiger partial charge in [0.25, 0.3) is 0 Å². The van der Waals surface area contributed by atoms with E-state index in [-0.39, 0.29) is 0 Å². The molecule has 2 atom stereocenters. The van der Waals surface area contributed by atoms with Gasteiger partial charge >= 0.3 is 0 Å². The molecular formula is C18H25NOS. The Kier molecular flexibility index (Phi) is 4.94. The van der Waals surface area contributed by atoms with Gasteiger partial charge in [0.05, 0.1) is 12.1 Å². The fourth-order valence-corrected chi connectivity index (χ4v) is 4.04. The van der Waals surface area contributed by atoms with Crippen molar-refractivity contribution < 1.29 is 4.74 Å². The average Bonchev–Trinajstić information content (AvgIpc) is 3.23. The second-order valence-electron chi connectivity index (χ2n) is 5.88. The Balaban J connectivity index is 1.95. The number of hydrogen-bond acceptors (Lipinski definition) is 3. The third-order valence-electron chi connectivity index (χ3n) is 4.23. The summed E-state index contributed by atoms with van der Waals surface area (Å²) >= 11 is 1.85. The lowest BCUT2D eigenvalue weighted by Gasteiger charge is -2.29. The number of nitrogens with one attached hydrogen (secondary N) is 1. The summed E-state index contributed by atoms with van der Waals surface area (Å²) in [7, 11) is 0. The average molecular weight is 303 g/mol. The second kappa shape index (κ2) is 6.91. The fourth-order valence-electron chi connectivity index (χ4n) is 3.09. The number of rotatable bonds is 8. The van der Waals surface area contributed by atoms with Gasteiger partial charge in [-0.15, -0.1) is 11.3 Å². The molecule has 3 heteroatoms. The van der Waals surface area contributed by atoms with Gasteiger partial charge in [0.15, 0.2) is 0 Å². The Hall–Kier alpha value is -0.900. The molecule has 0 bridgehead atoms. The molecule has 2 unspecified atom stereocenters. The molecule has 1 aromatic heterocycles. The van der Waals surface area contributed by atoms with Gasteiger partial charge in [-0.25, -0.2) is 0 Å². The molecule has 21 heavy (non-hydrogen) atoms. The smallest absolute Gasteiger partial charge is 0.0798 e. The third-order valence-corrected chi connectivity index (χ3v) is 5.21. The Morgan fingerprint density at radius 2 is 2.14 bits per heavy atom. The highest BCUT2D eigenvalue weighted by Crippen LogP contribution is 2.42. The van der Waals surface area contributed by atoms with Crippen LogP contribution in [-0.4, -0.2) is 19.3 Å². The third kappa shape index (κ3) is 3.31. The molecule has 1 aromatic carbocycles. The Labute approximate surface area is 131 Å². The highest BCUT2D eigenvalue weighted by atomic mass is 32.1. The first kappa shape index (κ1) is 15.0. The number of thiophene rings is 1. The molecule has 0 saturated heterocycles. The lowest BCUT2D eigenvalue weighted by molar-refractivity contribution is 0.0190. The topological polar surface area (TPSA) is 21.3 Å². The van der Waals surface area contributed by atoms with Gasteiger partial charge in [-0.2, -0.15) is 0 Å². The van der Waals surface area contributed by atoms with E-state index in [4.69, 9.17) is 4.74 Å². The summed E-state index contributed by atoms with van der Waals surface area (Å²) in [5.74, 6) is 0.731. The molecule has 0 aliphatic heterocycles. The van der Waals surface area contributed by atoms with Crippen molar-refractivity contribution in [3.63, 3.8) is 0 Å². The van der Waals surface area contributed by atoms with Crippen molar-refractivity contribution in [3.8, 4) is 0 Å². The van der Waals surface area contributed by atoms with Gasteiger partial charge < -0.3 is 10.1 Å². The van der Waals surface area contributed by atoms with Crippen LogP contribution in [0.2, 0.25) is 0 Å². The summed E-state index contributed by atoms with van der Waals surface area (Å²) in [6, 6.07) is 9.20. The van der Waals surface area contributed by atoms with Crippen LogP contribution in [0.1, 0.15) is 44.7 Å². The highest BCUT2D eigenvalue weighted by molar-refractivity contribution is 7.17. The van der Waals surface area contributed by atoms with Crippen molar-refractivity contribution in [1.82, 2.24) is 5.32 Å². The van der Waals surface area contributed by atoms with Crippen molar-refractivity contribution in [3.05, 3.63) is 35.2 Å². The fraction of sp³-hybridized carbons (Fsp3) is 0.556. The van der Waals surface area contributed by atoms with E-state index < -0.39 is 0 Å². The summed E-state index contributed by atoms with van der Waals surface area (Å²) < 4.78 is 7.56. The van der Waals surface area contributed by atoms with Crippen molar-refractivity contribution in [2.75, 3.05) is 13.2 Å². The number of hydrogen-bond donors (Lipinski definition) is 1. The van der Waals surface area contributed by atoms with Gasteiger partial charge in [0.1, 0.15) is 0 Å². The van der Waals surface area contributed by atoms with Crippen molar-refractivity contribution in [1.29, 1.82) is 0 Å². The maximum Gasteiger partial charge on any atom is 0.0798 e. The van der Waals surface area contributed by atoms with E-state index in [0.717, 1.165) is 25.5 Å². The minimum absolute atomic E-state index is 0.314. The predicted molar refractivity (Wildman–Crippen MR) is 91.0 cm³/mol. The van der Waals surface area contributed by atoms with Gasteiger partial charge in [-0.05, 0) is 61.0 Å². The van der Waals surface area contributed by atoms with Crippen LogP contribution in [0.4, 0.5) is 0 Å². The Morgan fingerprint density at radius 1 is 1.29 bits per heavy atom. The summed E-state index contributed by atoms with van der Waals surface area (Å²) in [5.41, 5.74) is 1.42. The van der Waals surface area contributed by atoms with E-state index in [1.165, 1.54) is 28.5 Å². The van der Waals surface area contributed by atoms with Crippen LogP contribution in [0.3, 0.4) is 0 Å². The minimum Gasteiger partial charge on any atom is -0.376 e. The highest BCUT2D eigenvalue weighted by Gasteiger charge is 2.38. The Bertz CT molecular complexity index is 575. The molecule has 1 aliphatic carbocycles. The minimum atomic E-state index is 0.314. The van der Waals surface area contributed by atoms with Crippen molar-refractivity contribution in [2.24, 2.45) is 5.92 Å². The summed E-state index contributed by atoms with van der Waals surface area (Å²) in [6.45, 7) is 6.18. The molecule has 1 heterocycles. The Morgan fingerprint density at radius 3 is 2.86 bits per heavy atom. The first-order valence-electron chi connectivity index (χ1n) is 8.16. The largest absolute Gasteiger partial charge is 0.376 e. The first-order chi connectivity index (χ1) is 10.3. The maximum absolute atomic E-state index is 6.15. The van der Waals surface area contributed by atoms with Crippen LogP contribution in [0.15, 0.2) is 29.6 Å². The van der Waals surface area contributed by atoms with Gasteiger partial charge in [0.2, 0.25) is 0 Å². The molecule has 0 radical (unpaired) electrons. The van der Waals surface area contributed by atoms with Crippen LogP contribution < -0.4 is 5.32 Å². The number of fused-ring (bicyclic) bond motifs is 1. The summed E-state index contributed by atoms with van der Waals surface area (Å²) in [4.78, 5) is 0. The molecule has 3 rings (SSSR count). The zero-order valence-corrected chi connectivity index (χ0v) is 13.8. The van der Waals surface area contributed by atoms with Crippen molar-refractivity contribution in [2.45, 2.75) is 45.3 Å². The predicted octanol–water partition coefficient (Wildman–Crippen LogP) is 4.76. The summed E-state index contributed by atoms with van der Waals surface area (Å²) in [6.07, 6.45) is 4.10. The van der Waals surface area contributed by atoms with Crippen molar-refractivity contribution >= 4 is 21.4 Å². The lowest BCUT2D eigenvalue weighted by Crippen LogP contribution is -2.36. The summed E-state index contributed by atoms with van der Waals surface area (Å²) in [5, 5.41) is 7.30. The molecule has 0 amide bonds. The SMILES string of the molecule is CCCNC(c1cccc2ccsc12)C(OCC)C1CC1. The van der Waals surface area contributed by atoms with E-state index >= 15 is 0 Å². The van der Waals surface area contributed by atoms with E-state index in [1.807, 2.05) is 11.3 Å². The standard InChI is InChI=1S/C18H25NOS/c1-3-11-19-16(17(20-4-2)13-8-9-13)15-7-5-6-14-10-12-21-18(14)15/h5-7,10,12-13,16-17,19H,3-4,8-9,11H2,1-2H3. The maximum atomic E-state index is 6.15. The van der Waals surface area contributed by atoms with Crippen LogP contribution in [0.25, 0.3) is 10.1 Å². The monoisotopic (exact) mass is 303 g/mol. The molecular weight excluding hydrogens is 278 g/mol. The van der Waals surface area contributed by atoms with Crippen LogP contribution in [-0.2, 0) is 4.74 Å². The molecule has 114 valence electrons. The molecule has 1 saturated carbocycles. The molecule has 0 spiro atoms. The van der Waals surface area contributed by atoms with Gasteiger partial charge in [0, 0.05) is 11.3 Å². The first-order valence-corrected chi connectivity index (χ1v) is 9.04. The normalized spacial score (nSPS) is 18.0. The van der Waals surface area contributed by atoms with Gasteiger partial charge in [-0.3, -0.25) is 0 Å². The molecule has 2 aromatic rings. The number of benzene rings is 1. The molecule has 2 nitrogen and oxygen atoms in total. The van der Waals surface area contributed by atoms with Crippen LogP contribution in [0, 0.1) is 5.92 Å². The zero-order valence-electron chi connectivity index (χ0n) is 13.0. The van der Waals surface area contributed by atoms with E-state index in [1.54, 1.807) is 0 Å². The van der Waals surface area contributed by atoms with Crippen LogP contribution in [0.5, 0.6) is 0 Å². The lowest BCUT2D eigenvalue weighted by atomic mass is 9.96. The zero-order chi connectivity index (χ0) is 14.7. The van der Waals surface area contributed by atoms with Crippen LogP contribution >= 0.6 is 11.3 Å². The second-order valence-corrected chi connectivity index (χ2v) is 6.79. The quantitative estimate of drug-likeness (QED) is 0.759. The number of ether oxygens (including phenoxy) is 1. The van der Waals surface area contributed by atoms with E-state index in [9.17, 15) is 0 Å². The van der Waals surface area contributed by atoms with E-state index in [0.29, 0.717) is 12.1 Å². The molecule has 1 aliphatic rings. The molecule has 1 N–H and O–H groups in total. The molecule has 1 fully saturated rings. The van der Waals surface area contributed by atoms with Gasteiger partial charge in [-0.1, -0.05) is 25.1 Å².